The fourth-order valence-electron chi connectivity index (χ4n) is 4.69. The van der Waals surface area contributed by atoms with Gasteiger partial charge in [0.05, 0.1) is 0 Å². The van der Waals surface area contributed by atoms with Gasteiger partial charge in [-0.15, -0.1) is 0 Å². The highest BCUT2D eigenvalue weighted by Gasteiger charge is 2.40. The Morgan fingerprint density at radius 2 is 2.07 bits per heavy atom. The smallest absolute Gasteiger partial charge is 0.336 e. The lowest BCUT2D eigenvalue weighted by Crippen LogP contribution is -2.17. The molecule has 142 valence electrons. The predicted octanol–water partition coefficient (Wildman–Crippen LogP) is 3.62. The van der Waals surface area contributed by atoms with Crippen molar-refractivity contribution in [2.24, 2.45) is 17.8 Å². The minimum atomic E-state index is -0.512. The largest absolute Gasteiger partial charge is 0.461 e. The molecule has 27 heavy (non-hydrogen) atoms. The number of fused-ring (bicyclic) bond motifs is 3. The maximum Gasteiger partial charge on any atom is 0.336 e. The summed E-state index contributed by atoms with van der Waals surface area (Å²) in [6, 6.07) is 6.43. The summed E-state index contributed by atoms with van der Waals surface area (Å²) in [5, 5.41) is 3.34. The topological polar surface area (TPSA) is 85.6 Å². The first-order valence-electron chi connectivity index (χ1n) is 9.48. The molecule has 0 spiro atoms. The van der Waals surface area contributed by atoms with Crippen molar-refractivity contribution in [3.8, 4) is 0 Å². The van der Waals surface area contributed by atoms with E-state index < -0.39 is 5.63 Å². The molecule has 1 aromatic carbocycles. The molecular formula is C21H23NO5. The van der Waals surface area contributed by atoms with Crippen LogP contribution in [-0.2, 0) is 20.9 Å². The summed E-state index contributed by atoms with van der Waals surface area (Å²) in [5.74, 6) is 1.52. The zero-order valence-corrected chi connectivity index (χ0v) is 15.3. The van der Waals surface area contributed by atoms with Crippen molar-refractivity contribution < 1.29 is 18.7 Å². The van der Waals surface area contributed by atoms with Crippen molar-refractivity contribution >= 4 is 28.5 Å². The van der Waals surface area contributed by atoms with Crippen molar-refractivity contribution in [2.75, 3.05) is 5.32 Å². The predicted molar refractivity (Wildman–Crippen MR) is 100 cm³/mol. The van der Waals surface area contributed by atoms with Crippen LogP contribution in [-0.4, -0.2) is 11.9 Å². The Labute approximate surface area is 156 Å². The molecular weight excluding hydrogens is 346 g/mol. The molecule has 4 rings (SSSR count). The average Bonchev–Trinajstić information content (AvgIpc) is 3.21. The number of rotatable bonds is 5. The summed E-state index contributed by atoms with van der Waals surface area (Å²) >= 11 is 0. The Kier molecular flexibility index (Phi) is 4.72. The second kappa shape index (κ2) is 7.18. The zero-order valence-electron chi connectivity index (χ0n) is 15.3. The molecule has 0 radical (unpaired) electrons. The lowest BCUT2D eigenvalue weighted by molar-refractivity contribution is -0.146. The standard InChI is InChI=1S/C21H23NO5/c1-12(23)22-17-4-5-18-16(9-21(25)27-19(18)10-17)11-26-20(24)8-15-7-13-2-3-14(15)6-13/h4-5,9-10,13-15H,2-3,6-8,11H2,1H3,(H,22,23)/t13-,14-,15+/m1/s1. The summed E-state index contributed by atoms with van der Waals surface area (Å²) in [6.45, 7) is 1.45. The van der Waals surface area contributed by atoms with E-state index in [1.54, 1.807) is 18.2 Å². The molecule has 3 atom stereocenters. The number of ether oxygens (including phenoxy) is 1. The fraction of sp³-hybridized carbons (Fsp3) is 0.476. The molecule has 2 aromatic rings. The van der Waals surface area contributed by atoms with E-state index in [-0.39, 0.29) is 18.5 Å². The van der Waals surface area contributed by atoms with E-state index in [1.807, 2.05) is 0 Å². The third-order valence-corrected chi connectivity index (χ3v) is 5.85. The van der Waals surface area contributed by atoms with Gasteiger partial charge in [0, 0.05) is 42.1 Å². The highest BCUT2D eigenvalue weighted by molar-refractivity contribution is 5.92. The number of anilines is 1. The number of nitrogens with one attached hydrogen (secondary N) is 1. The number of hydrogen-bond acceptors (Lipinski definition) is 5. The van der Waals surface area contributed by atoms with E-state index in [1.165, 1.54) is 32.3 Å². The first-order valence-corrected chi connectivity index (χ1v) is 9.48. The lowest BCUT2D eigenvalue weighted by Gasteiger charge is -2.20. The number of carbonyl (C=O) groups is 2. The Morgan fingerprint density at radius 1 is 1.22 bits per heavy atom. The van der Waals surface area contributed by atoms with Crippen LogP contribution in [0.15, 0.2) is 33.5 Å². The molecule has 0 saturated heterocycles. The number of esters is 1. The minimum absolute atomic E-state index is 0.0429. The van der Waals surface area contributed by atoms with Crippen LogP contribution < -0.4 is 10.9 Å². The van der Waals surface area contributed by atoms with Crippen LogP contribution in [0.1, 0.15) is 44.6 Å². The van der Waals surface area contributed by atoms with Crippen molar-refractivity contribution in [1.82, 2.24) is 0 Å². The van der Waals surface area contributed by atoms with Crippen molar-refractivity contribution in [1.29, 1.82) is 0 Å². The summed E-state index contributed by atoms with van der Waals surface area (Å²) in [4.78, 5) is 35.3. The van der Waals surface area contributed by atoms with Crippen molar-refractivity contribution in [3.63, 3.8) is 0 Å². The quantitative estimate of drug-likeness (QED) is 0.643. The molecule has 2 bridgehead atoms. The normalized spacial score (nSPS) is 23.5. The van der Waals surface area contributed by atoms with Crippen LogP contribution in [0.2, 0.25) is 0 Å². The average molecular weight is 369 g/mol. The van der Waals surface area contributed by atoms with E-state index in [4.69, 9.17) is 9.15 Å². The Hall–Kier alpha value is -2.63. The highest BCUT2D eigenvalue weighted by Crippen LogP contribution is 2.49. The summed E-state index contributed by atoms with van der Waals surface area (Å²) in [6.07, 6.45) is 5.42. The molecule has 2 saturated carbocycles. The van der Waals surface area contributed by atoms with E-state index in [0.717, 1.165) is 12.3 Å². The third-order valence-electron chi connectivity index (χ3n) is 5.85. The van der Waals surface area contributed by atoms with Crippen LogP contribution in [0.25, 0.3) is 11.0 Å². The van der Waals surface area contributed by atoms with E-state index in [9.17, 15) is 14.4 Å². The maximum absolute atomic E-state index is 12.3. The highest BCUT2D eigenvalue weighted by atomic mass is 16.5. The Bertz CT molecular complexity index is 947. The van der Waals surface area contributed by atoms with Gasteiger partial charge in [-0.05, 0) is 49.1 Å². The molecule has 6 heteroatoms. The van der Waals surface area contributed by atoms with Gasteiger partial charge in [0.1, 0.15) is 12.2 Å². The molecule has 2 aliphatic carbocycles. The minimum Gasteiger partial charge on any atom is -0.461 e. The lowest BCUT2D eigenvalue weighted by atomic mass is 9.86. The number of benzene rings is 1. The van der Waals surface area contributed by atoms with E-state index in [0.29, 0.717) is 40.5 Å². The molecule has 1 aromatic heterocycles. The van der Waals surface area contributed by atoms with Gasteiger partial charge in [0.15, 0.2) is 0 Å². The second-order valence-electron chi connectivity index (χ2n) is 7.78. The van der Waals surface area contributed by atoms with Crippen LogP contribution in [0.4, 0.5) is 5.69 Å². The summed E-state index contributed by atoms with van der Waals surface area (Å²) < 4.78 is 10.7. The summed E-state index contributed by atoms with van der Waals surface area (Å²) in [5.41, 5.74) is 0.995. The van der Waals surface area contributed by atoms with Gasteiger partial charge in [0.2, 0.25) is 5.91 Å². The molecule has 6 nitrogen and oxygen atoms in total. The van der Waals surface area contributed by atoms with Crippen molar-refractivity contribution in [3.05, 3.63) is 40.2 Å². The van der Waals surface area contributed by atoms with Gasteiger partial charge in [-0.3, -0.25) is 9.59 Å². The van der Waals surface area contributed by atoms with Crippen molar-refractivity contribution in [2.45, 2.75) is 45.6 Å². The molecule has 0 unspecified atom stereocenters. The first kappa shape index (κ1) is 17.8. The van der Waals surface area contributed by atoms with Crippen LogP contribution in [0.3, 0.4) is 0 Å². The zero-order chi connectivity index (χ0) is 19.0. The Morgan fingerprint density at radius 3 is 2.78 bits per heavy atom. The molecule has 2 fully saturated rings. The molecule has 0 aliphatic heterocycles. The van der Waals surface area contributed by atoms with E-state index in [2.05, 4.69) is 5.32 Å². The molecule has 1 heterocycles. The third kappa shape index (κ3) is 3.89. The van der Waals surface area contributed by atoms with Gasteiger partial charge in [-0.2, -0.15) is 0 Å². The van der Waals surface area contributed by atoms with Crippen LogP contribution in [0, 0.1) is 17.8 Å². The molecule has 1 N–H and O–H groups in total. The van der Waals surface area contributed by atoms with Gasteiger partial charge >= 0.3 is 11.6 Å². The second-order valence-corrected chi connectivity index (χ2v) is 7.78. The molecule has 1 amide bonds. The van der Waals surface area contributed by atoms with Gasteiger partial charge in [0.25, 0.3) is 0 Å². The fourth-order valence-corrected chi connectivity index (χ4v) is 4.69. The Balaban J connectivity index is 1.45. The van der Waals surface area contributed by atoms with Gasteiger partial charge in [-0.25, -0.2) is 4.79 Å². The first-order chi connectivity index (χ1) is 13.0. The van der Waals surface area contributed by atoms with Crippen LogP contribution in [0.5, 0.6) is 0 Å². The molecule has 2 aliphatic rings. The number of carbonyl (C=O) groups excluding carboxylic acids is 2. The monoisotopic (exact) mass is 369 g/mol. The number of hydrogen-bond donors (Lipinski definition) is 1. The van der Waals surface area contributed by atoms with Gasteiger partial charge in [-0.1, -0.05) is 6.42 Å². The van der Waals surface area contributed by atoms with Crippen LogP contribution >= 0.6 is 0 Å². The van der Waals surface area contributed by atoms with E-state index >= 15 is 0 Å². The van der Waals surface area contributed by atoms with Gasteiger partial charge < -0.3 is 14.5 Å². The number of amides is 1. The SMILES string of the molecule is CC(=O)Nc1ccc2c(COC(=O)C[C@@H]3C[C@@H]4CC[C@@H]3C4)cc(=O)oc2c1. The summed E-state index contributed by atoms with van der Waals surface area (Å²) in [7, 11) is 0. The maximum atomic E-state index is 12.3.